The van der Waals surface area contributed by atoms with Gasteiger partial charge in [-0.05, 0) is 32.0 Å². The SMILES string of the molecule is Cn1c(C(C)(C)Oc2ccc(F)cc2F)nc2cc([N+](=O)[O-])ccc21. The van der Waals surface area contributed by atoms with Crippen LogP contribution in [0.25, 0.3) is 11.0 Å². The summed E-state index contributed by atoms with van der Waals surface area (Å²) >= 11 is 0. The molecule has 2 aromatic carbocycles. The number of nitrogens with zero attached hydrogens (tertiary/aromatic N) is 3. The van der Waals surface area contributed by atoms with Gasteiger partial charge in [-0.3, -0.25) is 10.1 Å². The molecule has 0 amide bonds. The molecule has 8 heteroatoms. The summed E-state index contributed by atoms with van der Waals surface area (Å²) in [7, 11) is 1.74. The molecule has 0 bridgehead atoms. The number of aromatic nitrogens is 2. The molecular formula is C17H15F2N3O3. The molecule has 1 heterocycles. The third-order valence-corrected chi connectivity index (χ3v) is 3.87. The molecule has 0 fully saturated rings. The van der Waals surface area contributed by atoms with Crippen LogP contribution in [0.5, 0.6) is 5.75 Å². The van der Waals surface area contributed by atoms with Crippen molar-refractivity contribution < 1.29 is 18.4 Å². The van der Waals surface area contributed by atoms with E-state index in [-0.39, 0.29) is 11.4 Å². The summed E-state index contributed by atoms with van der Waals surface area (Å²) in [5.74, 6) is -1.17. The van der Waals surface area contributed by atoms with Crippen LogP contribution in [0, 0.1) is 21.7 Å². The summed E-state index contributed by atoms with van der Waals surface area (Å²) < 4.78 is 34.3. The second-order valence-electron chi connectivity index (χ2n) is 6.11. The van der Waals surface area contributed by atoms with E-state index in [9.17, 15) is 18.9 Å². The molecule has 0 N–H and O–H groups in total. The molecule has 0 aliphatic rings. The largest absolute Gasteiger partial charge is 0.477 e. The fourth-order valence-corrected chi connectivity index (χ4v) is 2.72. The van der Waals surface area contributed by atoms with Gasteiger partial charge in [0, 0.05) is 25.2 Å². The van der Waals surface area contributed by atoms with E-state index in [2.05, 4.69) is 4.98 Å². The van der Waals surface area contributed by atoms with Crippen molar-refractivity contribution in [2.24, 2.45) is 7.05 Å². The molecule has 0 unspecified atom stereocenters. The Morgan fingerprint density at radius 1 is 1.20 bits per heavy atom. The fourth-order valence-electron chi connectivity index (χ4n) is 2.72. The van der Waals surface area contributed by atoms with Crippen LogP contribution in [0.15, 0.2) is 36.4 Å². The lowest BCUT2D eigenvalue weighted by atomic mass is 10.1. The van der Waals surface area contributed by atoms with Gasteiger partial charge in [-0.2, -0.15) is 0 Å². The maximum absolute atomic E-state index is 13.9. The minimum atomic E-state index is -1.05. The molecule has 0 atom stereocenters. The third-order valence-electron chi connectivity index (χ3n) is 3.87. The number of fused-ring (bicyclic) bond motifs is 1. The predicted molar refractivity (Wildman–Crippen MR) is 87.4 cm³/mol. The minimum Gasteiger partial charge on any atom is -0.477 e. The van der Waals surface area contributed by atoms with Crippen LogP contribution in [0.4, 0.5) is 14.5 Å². The molecule has 1 aromatic heterocycles. The second kappa shape index (κ2) is 5.80. The van der Waals surface area contributed by atoms with Crippen molar-refractivity contribution in [3.8, 4) is 5.75 Å². The number of nitro groups is 1. The van der Waals surface area contributed by atoms with E-state index in [0.29, 0.717) is 16.9 Å². The van der Waals surface area contributed by atoms with Gasteiger partial charge >= 0.3 is 0 Å². The zero-order valence-corrected chi connectivity index (χ0v) is 13.8. The van der Waals surface area contributed by atoms with Gasteiger partial charge in [0.25, 0.3) is 5.69 Å². The molecule has 25 heavy (non-hydrogen) atoms. The Hall–Kier alpha value is -3.03. The van der Waals surface area contributed by atoms with E-state index in [1.54, 1.807) is 31.5 Å². The van der Waals surface area contributed by atoms with Gasteiger partial charge in [0.05, 0.1) is 16.0 Å². The number of non-ortho nitro benzene ring substituents is 1. The zero-order chi connectivity index (χ0) is 18.4. The number of aryl methyl sites for hydroxylation is 1. The lowest BCUT2D eigenvalue weighted by Crippen LogP contribution is -2.29. The number of hydrogen-bond acceptors (Lipinski definition) is 4. The Morgan fingerprint density at radius 2 is 1.92 bits per heavy atom. The van der Waals surface area contributed by atoms with Crippen LogP contribution >= 0.6 is 0 Å². The average molecular weight is 347 g/mol. The van der Waals surface area contributed by atoms with Crippen molar-refractivity contribution in [1.82, 2.24) is 9.55 Å². The number of imidazole rings is 1. The van der Waals surface area contributed by atoms with Crippen molar-refractivity contribution >= 4 is 16.7 Å². The van der Waals surface area contributed by atoms with Gasteiger partial charge in [-0.15, -0.1) is 0 Å². The quantitative estimate of drug-likeness (QED) is 0.527. The van der Waals surface area contributed by atoms with Crippen molar-refractivity contribution in [3.63, 3.8) is 0 Å². The van der Waals surface area contributed by atoms with Crippen LogP contribution in [-0.2, 0) is 12.6 Å². The van der Waals surface area contributed by atoms with Crippen molar-refractivity contribution in [1.29, 1.82) is 0 Å². The summed E-state index contributed by atoms with van der Waals surface area (Å²) in [6.45, 7) is 3.37. The highest BCUT2D eigenvalue weighted by Gasteiger charge is 2.30. The van der Waals surface area contributed by atoms with Gasteiger partial charge in [-0.25, -0.2) is 13.8 Å². The van der Waals surface area contributed by atoms with E-state index in [0.717, 1.165) is 12.1 Å². The van der Waals surface area contributed by atoms with Gasteiger partial charge in [0.15, 0.2) is 23.0 Å². The van der Waals surface area contributed by atoms with Crippen LogP contribution in [0.2, 0.25) is 0 Å². The highest BCUT2D eigenvalue weighted by molar-refractivity contribution is 5.78. The number of hydrogen-bond donors (Lipinski definition) is 0. The van der Waals surface area contributed by atoms with Crippen LogP contribution in [-0.4, -0.2) is 14.5 Å². The molecule has 0 aliphatic carbocycles. The third kappa shape index (κ3) is 3.02. The predicted octanol–water partition coefficient (Wildman–Crippen LogP) is 4.07. The smallest absolute Gasteiger partial charge is 0.271 e. The van der Waals surface area contributed by atoms with Gasteiger partial charge < -0.3 is 9.30 Å². The van der Waals surface area contributed by atoms with Gasteiger partial charge in [0.1, 0.15) is 5.82 Å². The first-order valence-corrected chi connectivity index (χ1v) is 7.44. The lowest BCUT2D eigenvalue weighted by Gasteiger charge is -2.26. The van der Waals surface area contributed by atoms with Crippen LogP contribution < -0.4 is 4.74 Å². The molecule has 0 aliphatic heterocycles. The van der Waals surface area contributed by atoms with Crippen LogP contribution in [0.3, 0.4) is 0 Å². The molecule has 0 radical (unpaired) electrons. The fraction of sp³-hybridized carbons (Fsp3) is 0.235. The summed E-state index contributed by atoms with van der Waals surface area (Å²) in [6.07, 6.45) is 0. The molecule has 3 rings (SSSR count). The number of rotatable bonds is 4. The Kier molecular flexibility index (Phi) is 3.90. The summed E-state index contributed by atoms with van der Waals surface area (Å²) in [5.41, 5.74) is -0.0124. The van der Waals surface area contributed by atoms with Crippen molar-refractivity contribution in [3.05, 3.63) is 64.0 Å². The average Bonchev–Trinajstić information content (AvgIpc) is 2.87. The van der Waals surface area contributed by atoms with Gasteiger partial charge in [0.2, 0.25) is 0 Å². The van der Waals surface area contributed by atoms with E-state index in [1.165, 1.54) is 18.2 Å². The molecule has 0 spiro atoms. The summed E-state index contributed by atoms with van der Waals surface area (Å²) in [6, 6.07) is 7.41. The number of ether oxygens (including phenoxy) is 1. The van der Waals surface area contributed by atoms with E-state index in [1.807, 2.05) is 0 Å². The first kappa shape index (κ1) is 16.8. The minimum absolute atomic E-state index is 0.0690. The maximum Gasteiger partial charge on any atom is 0.271 e. The van der Waals surface area contributed by atoms with Crippen molar-refractivity contribution in [2.45, 2.75) is 19.4 Å². The van der Waals surface area contributed by atoms with E-state index in [4.69, 9.17) is 4.74 Å². The molecule has 0 saturated carbocycles. The Labute approximate surface area is 141 Å². The van der Waals surface area contributed by atoms with Gasteiger partial charge in [-0.1, -0.05) is 0 Å². The Morgan fingerprint density at radius 3 is 2.56 bits per heavy atom. The topological polar surface area (TPSA) is 70.2 Å². The highest BCUT2D eigenvalue weighted by Crippen LogP contribution is 2.31. The summed E-state index contributed by atoms with van der Waals surface area (Å²) in [5, 5.41) is 10.9. The molecule has 130 valence electrons. The summed E-state index contributed by atoms with van der Waals surface area (Å²) in [4.78, 5) is 14.8. The molecule has 0 saturated heterocycles. The van der Waals surface area contributed by atoms with Crippen LogP contribution in [0.1, 0.15) is 19.7 Å². The van der Waals surface area contributed by atoms with E-state index >= 15 is 0 Å². The molecule has 3 aromatic rings. The normalized spacial score (nSPS) is 11.7. The number of benzene rings is 2. The first-order chi connectivity index (χ1) is 11.7. The highest BCUT2D eigenvalue weighted by atomic mass is 19.1. The number of halogens is 2. The Bertz CT molecular complexity index is 983. The lowest BCUT2D eigenvalue weighted by molar-refractivity contribution is -0.384. The monoisotopic (exact) mass is 347 g/mol. The van der Waals surface area contributed by atoms with Crippen molar-refractivity contribution in [2.75, 3.05) is 0 Å². The van der Waals surface area contributed by atoms with E-state index < -0.39 is 22.2 Å². The Balaban J connectivity index is 2.04. The maximum atomic E-state index is 13.9. The second-order valence-corrected chi connectivity index (χ2v) is 6.11. The molecule has 6 nitrogen and oxygen atoms in total. The zero-order valence-electron chi connectivity index (χ0n) is 13.8. The molecular weight excluding hydrogens is 332 g/mol. The first-order valence-electron chi connectivity index (χ1n) is 7.44. The number of nitro benzene ring substituents is 1. The standard InChI is InChI=1S/C17H15F2N3O3/c1-17(2,25-15-7-4-10(18)8-12(15)19)16-20-13-9-11(22(23)24)5-6-14(13)21(16)3/h4-9H,1-3H3.